The van der Waals surface area contributed by atoms with Gasteiger partial charge in [-0.2, -0.15) is 0 Å². The molecule has 0 unspecified atom stereocenters. The molecule has 0 saturated carbocycles. The number of aryl methyl sites for hydroxylation is 1. The van der Waals surface area contributed by atoms with E-state index in [4.69, 9.17) is 5.73 Å². The van der Waals surface area contributed by atoms with Crippen molar-refractivity contribution < 1.29 is 0 Å². The molecular formula is C5H6N6. The summed E-state index contributed by atoms with van der Waals surface area (Å²) in [7, 11) is 1.74. The van der Waals surface area contributed by atoms with Gasteiger partial charge in [0.15, 0.2) is 5.65 Å². The Balaban J connectivity index is 2.87. The van der Waals surface area contributed by atoms with Gasteiger partial charge in [0, 0.05) is 7.05 Å². The molecule has 0 bridgehead atoms. The smallest absolute Gasteiger partial charge is 0.221 e. The molecule has 2 heterocycles. The molecule has 0 radical (unpaired) electrons. The van der Waals surface area contributed by atoms with Crippen LogP contribution in [0.15, 0.2) is 6.20 Å². The van der Waals surface area contributed by atoms with E-state index in [1.807, 2.05) is 0 Å². The molecule has 0 atom stereocenters. The van der Waals surface area contributed by atoms with Crippen LogP contribution in [0.2, 0.25) is 0 Å². The summed E-state index contributed by atoms with van der Waals surface area (Å²) in [4.78, 5) is 7.91. The molecule has 2 aromatic rings. The number of nitrogens with zero attached hydrogens (tertiary/aromatic N) is 5. The quantitative estimate of drug-likeness (QED) is 0.539. The molecular weight excluding hydrogens is 144 g/mol. The van der Waals surface area contributed by atoms with Crippen molar-refractivity contribution in [2.24, 2.45) is 7.05 Å². The first-order valence-electron chi connectivity index (χ1n) is 3.05. The monoisotopic (exact) mass is 150 g/mol. The Morgan fingerprint density at radius 3 is 3.18 bits per heavy atom. The first-order chi connectivity index (χ1) is 5.27. The third kappa shape index (κ3) is 0.794. The molecule has 0 aliphatic carbocycles. The van der Waals surface area contributed by atoms with Crippen molar-refractivity contribution >= 4 is 17.1 Å². The van der Waals surface area contributed by atoms with Crippen LogP contribution in [-0.2, 0) is 7.05 Å². The second kappa shape index (κ2) is 1.88. The van der Waals surface area contributed by atoms with E-state index in [0.29, 0.717) is 17.1 Å². The standard InChI is InChI=1S/C5H6N6/c1-11-5-4(9-10-11)7-2-3(6)8-5/h2H,1H3,(H2,6,8). The highest BCUT2D eigenvalue weighted by Gasteiger charge is 2.02. The number of hydrogen-bond donors (Lipinski definition) is 1. The zero-order chi connectivity index (χ0) is 7.84. The molecule has 2 rings (SSSR count). The van der Waals surface area contributed by atoms with Gasteiger partial charge in [0.05, 0.1) is 6.20 Å². The van der Waals surface area contributed by atoms with Crippen LogP contribution in [-0.4, -0.2) is 25.0 Å². The molecule has 0 aromatic carbocycles. The van der Waals surface area contributed by atoms with Crippen LogP contribution < -0.4 is 5.73 Å². The maximum atomic E-state index is 5.41. The maximum Gasteiger partial charge on any atom is 0.221 e. The average molecular weight is 150 g/mol. The highest BCUT2D eigenvalue weighted by atomic mass is 15.4. The minimum Gasteiger partial charge on any atom is -0.382 e. The summed E-state index contributed by atoms with van der Waals surface area (Å²) in [6, 6.07) is 0. The largest absolute Gasteiger partial charge is 0.382 e. The molecule has 2 N–H and O–H groups in total. The minimum absolute atomic E-state index is 0.378. The van der Waals surface area contributed by atoms with Gasteiger partial charge >= 0.3 is 0 Å². The fourth-order valence-corrected chi connectivity index (χ4v) is 0.826. The van der Waals surface area contributed by atoms with E-state index in [2.05, 4.69) is 20.3 Å². The van der Waals surface area contributed by atoms with Crippen molar-refractivity contribution in [3.8, 4) is 0 Å². The van der Waals surface area contributed by atoms with Crippen molar-refractivity contribution in [3.05, 3.63) is 6.20 Å². The predicted molar refractivity (Wildman–Crippen MR) is 38.5 cm³/mol. The summed E-state index contributed by atoms with van der Waals surface area (Å²) in [6.45, 7) is 0. The van der Waals surface area contributed by atoms with Crippen LogP contribution in [0.1, 0.15) is 0 Å². The minimum atomic E-state index is 0.378. The van der Waals surface area contributed by atoms with Crippen LogP contribution >= 0.6 is 0 Å². The molecule has 0 aliphatic heterocycles. The molecule has 2 aromatic heterocycles. The van der Waals surface area contributed by atoms with Gasteiger partial charge < -0.3 is 5.73 Å². The zero-order valence-electron chi connectivity index (χ0n) is 5.89. The van der Waals surface area contributed by atoms with Gasteiger partial charge in [-0.05, 0) is 0 Å². The summed E-state index contributed by atoms with van der Waals surface area (Å²) in [5.74, 6) is 0.378. The molecule has 6 nitrogen and oxygen atoms in total. The summed E-state index contributed by atoms with van der Waals surface area (Å²) in [6.07, 6.45) is 1.46. The Labute approximate surface area is 62.1 Å². The molecule has 11 heavy (non-hydrogen) atoms. The van der Waals surface area contributed by atoms with Crippen molar-refractivity contribution in [2.45, 2.75) is 0 Å². The van der Waals surface area contributed by atoms with Gasteiger partial charge in [-0.3, -0.25) is 0 Å². The third-order valence-corrected chi connectivity index (χ3v) is 1.33. The second-order valence-corrected chi connectivity index (χ2v) is 2.16. The van der Waals surface area contributed by atoms with E-state index < -0.39 is 0 Å². The normalized spacial score (nSPS) is 10.6. The second-order valence-electron chi connectivity index (χ2n) is 2.16. The Bertz CT molecular complexity index is 391. The lowest BCUT2D eigenvalue weighted by molar-refractivity contribution is 0.730. The first kappa shape index (κ1) is 6.02. The molecule has 0 saturated heterocycles. The van der Waals surface area contributed by atoms with E-state index in [0.717, 1.165) is 0 Å². The number of nitrogens with two attached hydrogens (primary N) is 1. The fraction of sp³-hybridized carbons (Fsp3) is 0.200. The molecule has 56 valence electrons. The highest BCUT2D eigenvalue weighted by molar-refractivity contribution is 5.65. The van der Waals surface area contributed by atoms with Crippen LogP contribution in [0.4, 0.5) is 5.82 Å². The Morgan fingerprint density at radius 1 is 1.55 bits per heavy atom. The average Bonchev–Trinajstić information content (AvgIpc) is 2.33. The lowest BCUT2D eigenvalue weighted by Crippen LogP contribution is -1.96. The number of anilines is 1. The number of aromatic nitrogens is 5. The molecule has 0 aliphatic rings. The van der Waals surface area contributed by atoms with Crippen molar-refractivity contribution in [1.29, 1.82) is 0 Å². The van der Waals surface area contributed by atoms with E-state index in [1.165, 1.54) is 10.9 Å². The zero-order valence-corrected chi connectivity index (χ0v) is 5.89. The maximum absolute atomic E-state index is 5.41. The number of fused-ring (bicyclic) bond motifs is 1. The van der Waals surface area contributed by atoms with Crippen LogP contribution in [0.25, 0.3) is 11.3 Å². The predicted octanol–water partition coefficient (Wildman–Crippen LogP) is -0.659. The van der Waals surface area contributed by atoms with E-state index in [1.54, 1.807) is 7.05 Å². The van der Waals surface area contributed by atoms with Crippen LogP contribution in [0.5, 0.6) is 0 Å². The van der Waals surface area contributed by atoms with Crippen LogP contribution in [0, 0.1) is 0 Å². The molecule has 0 amide bonds. The van der Waals surface area contributed by atoms with Crippen molar-refractivity contribution in [2.75, 3.05) is 5.73 Å². The van der Waals surface area contributed by atoms with Gasteiger partial charge in [-0.1, -0.05) is 5.21 Å². The van der Waals surface area contributed by atoms with Gasteiger partial charge in [0.25, 0.3) is 0 Å². The third-order valence-electron chi connectivity index (χ3n) is 1.33. The van der Waals surface area contributed by atoms with E-state index in [9.17, 15) is 0 Å². The van der Waals surface area contributed by atoms with Gasteiger partial charge in [0.1, 0.15) is 5.82 Å². The van der Waals surface area contributed by atoms with E-state index in [-0.39, 0.29) is 0 Å². The van der Waals surface area contributed by atoms with E-state index >= 15 is 0 Å². The topological polar surface area (TPSA) is 82.5 Å². The van der Waals surface area contributed by atoms with Crippen LogP contribution in [0.3, 0.4) is 0 Å². The Hall–Kier alpha value is -1.72. The van der Waals surface area contributed by atoms with Gasteiger partial charge in [0.2, 0.25) is 5.65 Å². The lowest BCUT2D eigenvalue weighted by Gasteiger charge is -1.90. The number of hydrogen-bond acceptors (Lipinski definition) is 5. The Kier molecular flexibility index (Phi) is 1.03. The SMILES string of the molecule is Cn1nnc2ncc(N)nc21. The van der Waals surface area contributed by atoms with Crippen molar-refractivity contribution in [1.82, 2.24) is 25.0 Å². The summed E-state index contributed by atoms with van der Waals surface area (Å²) >= 11 is 0. The Morgan fingerprint density at radius 2 is 2.36 bits per heavy atom. The van der Waals surface area contributed by atoms with Crippen molar-refractivity contribution in [3.63, 3.8) is 0 Å². The number of rotatable bonds is 0. The molecule has 0 fully saturated rings. The fourth-order valence-electron chi connectivity index (χ4n) is 0.826. The first-order valence-corrected chi connectivity index (χ1v) is 3.05. The molecule has 6 heteroatoms. The number of nitrogen functional groups attached to an aromatic ring is 1. The lowest BCUT2D eigenvalue weighted by atomic mass is 10.6. The summed E-state index contributed by atoms with van der Waals surface area (Å²) < 4.78 is 1.53. The molecule has 0 spiro atoms. The van der Waals surface area contributed by atoms with Gasteiger partial charge in [-0.25, -0.2) is 14.6 Å². The van der Waals surface area contributed by atoms with Gasteiger partial charge in [-0.15, -0.1) is 5.10 Å². The summed E-state index contributed by atoms with van der Waals surface area (Å²) in [5.41, 5.74) is 6.53. The highest BCUT2D eigenvalue weighted by Crippen LogP contribution is 2.04. The summed E-state index contributed by atoms with van der Waals surface area (Å²) in [5, 5.41) is 7.47.